The predicted molar refractivity (Wildman–Crippen MR) is 94.6 cm³/mol. The van der Waals surface area contributed by atoms with Gasteiger partial charge >= 0.3 is 0 Å². The van der Waals surface area contributed by atoms with Crippen LogP contribution in [0.2, 0.25) is 0 Å². The highest BCUT2D eigenvalue weighted by molar-refractivity contribution is 5.48. The topological polar surface area (TPSA) is 21.3 Å². The first-order valence-corrected chi connectivity index (χ1v) is 8.30. The normalized spacial score (nSPS) is 10.5. The van der Waals surface area contributed by atoms with Crippen molar-refractivity contribution < 1.29 is 4.74 Å². The van der Waals surface area contributed by atoms with Crippen LogP contribution in [0.25, 0.3) is 0 Å². The Bertz CT molecular complexity index is 565. The second kappa shape index (κ2) is 9.14. The van der Waals surface area contributed by atoms with E-state index in [2.05, 4.69) is 55.6 Å². The zero-order chi connectivity index (χ0) is 15.6. The van der Waals surface area contributed by atoms with Crippen LogP contribution in [0.1, 0.15) is 43.7 Å². The third-order valence-electron chi connectivity index (χ3n) is 3.68. The van der Waals surface area contributed by atoms with Gasteiger partial charge in [-0.05, 0) is 31.0 Å². The molecule has 2 rings (SSSR count). The fourth-order valence-electron chi connectivity index (χ4n) is 2.44. The van der Waals surface area contributed by atoms with E-state index in [0.29, 0.717) is 0 Å². The highest BCUT2D eigenvalue weighted by atomic mass is 16.5. The number of aryl methyl sites for hydroxylation is 1. The third-order valence-corrected chi connectivity index (χ3v) is 3.68. The molecule has 0 amide bonds. The van der Waals surface area contributed by atoms with Gasteiger partial charge in [0.25, 0.3) is 0 Å². The lowest BCUT2D eigenvalue weighted by Crippen LogP contribution is -2.01. The molecule has 0 aliphatic rings. The van der Waals surface area contributed by atoms with Gasteiger partial charge < -0.3 is 10.1 Å². The average molecular weight is 297 g/mol. The van der Waals surface area contributed by atoms with Gasteiger partial charge in [0.2, 0.25) is 0 Å². The summed E-state index contributed by atoms with van der Waals surface area (Å²) in [6.45, 7) is 5.99. The molecule has 0 saturated carbocycles. The lowest BCUT2D eigenvalue weighted by molar-refractivity contribution is 0.305. The molecule has 0 spiro atoms. The van der Waals surface area contributed by atoms with E-state index in [1.807, 2.05) is 12.1 Å². The zero-order valence-corrected chi connectivity index (χ0v) is 13.8. The number of hydrogen-bond acceptors (Lipinski definition) is 2. The summed E-state index contributed by atoms with van der Waals surface area (Å²) in [7, 11) is 0. The molecular formula is C20H27NO. The summed E-state index contributed by atoms with van der Waals surface area (Å²) in [5.74, 6) is 0.950. The molecule has 22 heavy (non-hydrogen) atoms. The van der Waals surface area contributed by atoms with E-state index in [0.717, 1.165) is 31.0 Å². The van der Waals surface area contributed by atoms with E-state index in [4.69, 9.17) is 4.74 Å². The molecule has 0 atom stereocenters. The second-order valence-corrected chi connectivity index (χ2v) is 5.78. The van der Waals surface area contributed by atoms with Gasteiger partial charge in [0.05, 0.1) is 6.61 Å². The molecule has 118 valence electrons. The molecule has 0 aromatic heterocycles. The third kappa shape index (κ3) is 5.80. The van der Waals surface area contributed by atoms with Crippen LogP contribution in [0, 0.1) is 6.92 Å². The minimum atomic E-state index is 0.807. The Kier molecular flexibility index (Phi) is 6.82. The van der Waals surface area contributed by atoms with Crippen LogP contribution in [0.4, 0.5) is 5.69 Å². The van der Waals surface area contributed by atoms with Gasteiger partial charge in [0.15, 0.2) is 0 Å². The largest absolute Gasteiger partial charge is 0.494 e. The first-order valence-electron chi connectivity index (χ1n) is 8.30. The second-order valence-electron chi connectivity index (χ2n) is 5.78. The van der Waals surface area contributed by atoms with Gasteiger partial charge in [-0.3, -0.25) is 0 Å². The van der Waals surface area contributed by atoms with Crippen molar-refractivity contribution in [3.05, 3.63) is 59.7 Å². The Morgan fingerprint density at radius 3 is 2.64 bits per heavy atom. The number of rotatable bonds is 9. The molecule has 0 aliphatic heterocycles. The molecule has 2 heteroatoms. The predicted octanol–water partition coefficient (Wildman–Crippen LogP) is 5.57. The van der Waals surface area contributed by atoms with E-state index >= 15 is 0 Å². The summed E-state index contributed by atoms with van der Waals surface area (Å²) in [5.41, 5.74) is 3.70. The highest BCUT2D eigenvalue weighted by Crippen LogP contribution is 2.18. The molecule has 1 N–H and O–H groups in total. The standard InChI is InChI=1S/C20H27NO/c1-3-4-5-6-13-22-20-12-8-11-19(15-20)21-16-18-10-7-9-17(2)14-18/h7-12,14-15,21H,3-6,13,16H2,1-2H3. The Morgan fingerprint density at radius 2 is 1.82 bits per heavy atom. The van der Waals surface area contributed by atoms with Crippen LogP contribution in [0.5, 0.6) is 5.75 Å². The van der Waals surface area contributed by atoms with Crippen molar-refractivity contribution in [1.82, 2.24) is 0 Å². The van der Waals surface area contributed by atoms with Crippen molar-refractivity contribution in [2.24, 2.45) is 0 Å². The van der Waals surface area contributed by atoms with Gasteiger partial charge in [-0.15, -0.1) is 0 Å². The van der Waals surface area contributed by atoms with Crippen LogP contribution in [0.3, 0.4) is 0 Å². The van der Waals surface area contributed by atoms with Crippen LogP contribution < -0.4 is 10.1 Å². The maximum absolute atomic E-state index is 5.82. The number of benzene rings is 2. The number of ether oxygens (including phenoxy) is 1. The number of anilines is 1. The van der Waals surface area contributed by atoms with Gasteiger partial charge in [-0.25, -0.2) is 0 Å². The average Bonchev–Trinajstić information content (AvgIpc) is 2.53. The van der Waals surface area contributed by atoms with Gasteiger partial charge in [0.1, 0.15) is 5.75 Å². The molecule has 0 radical (unpaired) electrons. The van der Waals surface area contributed by atoms with Crippen molar-refractivity contribution in [3.8, 4) is 5.75 Å². The van der Waals surface area contributed by atoms with Crippen molar-refractivity contribution >= 4 is 5.69 Å². The number of unbranched alkanes of at least 4 members (excludes halogenated alkanes) is 3. The molecule has 0 saturated heterocycles. The SMILES string of the molecule is CCCCCCOc1cccc(NCc2cccc(C)c2)c1. The van der Waals surface area contributed by atoms with Gasteiger partial charge in [-0.2, -0.15) is 0 Å². The molecular weight excluding hydrogens is 270 g/mol. The zero-order valence-electron chi connectivity index (χ0n) is 13.8. The van der Waals surface area contributed by atoms with Crippen LogP contribution in [-0.2, 0) is 6.54 Å². The van der Waals surface area contributed by atoms with Crippen LogP contribution in [-0.4, -0.2) is 6.61 Å². The van der Waals surface area contributed by atoms with E-state index in [9.17, 15) is 0 Å². The minimum absolute atomic E-state index is 0.807. The van der Waals surface area contributed by atoms with Gasteiger partial charge in [0, 0.05) is 18.3 Å². The smallest absolute Gasteiger partial charge is 0.121 e. The quantitative estimate of drug-likeness (QED) is 0.611. The molecule has 0 heterocycles. The molecule has 0 fully saturated rings. The van der Waals surface area contributed by atoms with Crippen LogP contribution in [0.15, 0.2) is 48.5 Å². The Hall–Kier alpha value is -1.96. The fourth-order valence-corrected chi connectivity index (χ4v) is 2.44. The van der Waals surface area contributed by atoms with E-state index in [1.165, 1.54) is 30.4 Å². The molecule has 2 nitrogen and oxygen atoms in total. The first kappa shape index (κ1) is 16.4. The molecule has 0 aliphatic carbocycles. The van der Waals surface area contributed by atoms with Crippen molar-refractivity contribution in [2.45, 2.75) is 46.1 Å². The van der Waals surface area contributed by atoms with E-state index < -0.39 is 0 Å². The minimum Gasteiger partial charge on any atom is -0.494 e. The maximum atomic E-state index is 5.82. The maximum Gasteiger partial charge on any atom is 0.121 e. The van der Waals surface area contributed by atoms with Crippen LogP contribution >= 0.6 is 0 Å². The lowest BCUT2D eigenvalue weighted by Gasteiger charge is -2.10. The molecule has 0 bridgehead atoms. The highest BCUT2D eigenvalue weighted by Gasteiger charge is 1.98. The van der Waals surface area contributed by atoms with E-state index in [-0.39, 0.29) is 0 Å². The summed E-state index contributed by atoms with van der Waals surface area (Å²) in [6.07, 6.45) is 4.94. The Labute approximate surface area is 134 Å². The van der Waals surface area contributed by atoms with Crippen molar-refractivity contribution in [2.75, 3.05) is 11.9 Å². The monoisotopic (exact) mass is 297 g/mol. The molecule has 2 aromatic carbocycles. The van der Waals surface area contributed by atoms with Crippen molar-refractivity contribution in [1.29, 1.82) is 0 Å². The molecule has 0 unspecified atom stereocenters. The summed E-state index contributed by atoms with van der Waals surface area (Å²) < 4.78 is 5.82. The summed E-state index contributed by atoms with van der Waals surface area (Å²) >= 11 is 0. The number of nitrogens with one attached hydrogen (secondary N) is 1. The fraction of sp³-hybridized carbons (Fsp3) is 0.400. The summed E-state index contributed by atoms with van der Waals surface area (Å²) in [4.78, 5) is 0. The van der Waals surface area contributed by atoms with Gasteiger partial charge in [-0.1, -0.05) is 62.1 Å². The molecule has 2 aromatic rings. The Morgan fingerprint density at radius 1 is 0.955 bits per heavy atom. The first-order chi connectivity index (χ1) is 10.8. The number of hydrogen-bond donors (Lipinski definition) is 1. The van der Waals surface area contributed by atoms with E-state index in [1.54, 1.807) is 0 Å². The summed E-state index contributed by atoms with van der Waals surface area (Å²) in [5, 5.41) is 3.46. The summed E-state index contributed by atoms with van der Waals surface area (Å²) in [6, 6.07) is 16.8. The van der Waals surface area contributed by atoms with Crippen molar-refractivity contribution in [3.63, 3.8) is 0 Å². The Balaban J connectivity index is 1.80. The lowest BCUT2D eigenvalue weighted by atomic mass is 10.1.